The molecule has 1 aliphatic rings. The van der Waals surface area contributed by atoms with Crippen LogP contribution in [0.15, 0.2) is 64.6 Å². The molecule has 0 N–H and O–H groups in total. The third kappa shape index (κ3) is 3.63. The number of aromatic nitrogens is 1. The maximum atomic E-state index is 13.6. The predicted octanol–water partition coefficient (Wildman–Crippen LogP) is 5.19. The molecule has 134 valence electrons. The van der Waals surface area contributed by atoms with Gasteiger partial charge in [-0.15, -0.1) is 0 Å². The topological polar surface area (TPSA) is 47.0 Å². The van der Waals surface area contributed by atoms with E-state index in [1.54, 1.807) is 30.5 Å². The molecule has 0 saturated heterocycles. The van der Waals surface area contributed by atoms with Gasteiger partial charge in [0.1, 0.15) is 4.08 Å². The SMILES string of the molecule is CC1(C)CCC(C(C)(Sc2ccccn2)S(=O)(=O)c2ccccc2)C1. The molecule has 5 heteroatoms. The molecule has 2 unspecified atom stereocenters. The smallest absolute Gasteiger partial charge is 0.193 e. The molecule has 1 aliphatic carbocycles. The van der Waals surface area contributed by atoms with Gasteiger partial charge < -0.3 is 0 Å². The fraction of sp³-hybridized carbons (Fsp3) is 0.450. The molecule has 2 aromatic rings. The predicted molar refractivity (Wildman–Crippen MR) is 103 cm³/mol. The van der Waals surface area contributed by atoms with Gasteiger partial charge in [-0.1, -0.05) is 49.9 Å². The Hall–Kier alpha value is -1.33. The molecule has 0 bridgehead atoms. The number of rotatable bonds is 5. The lowest BCUT2D eigenvalue weighted by Crippen LogP contribution is -2.39. The molecule has 1 heterocycles. The van der Waals surface area contributed by atoms with E-state index in [-0.39, 0.29) is 11.3 Å². The van der Waals surface area contributed by atoms with Gasteiger partial charge in [-0.25, -0.2) is 13.4 Å². The van der Waals surface area contributed by atoms with Crippen LogP contribution in [-0.4, -0.2) is 17.5 Å². The van der Waals surface area contributed by atoms with E-state index < -0.39 is 13.9 Å². The van der Waals surface area contributed by atoms with Gasteiger partial charge in [0, 0.05) is 6.20 Å². The van der Waals surface area contributed by atoms with E-state index in [0.29, 0.717) is 4.90 Å². The minimum Gasteiger partial charge on any atom is -0.250 e. The summed E-state index contributed by atoms with van der Waals surface area (Å²) in [7, 11) is -3.51. The molecular formula is C20H25NO2S2. The minimum absolute atomic E-state index is 0.0970. The van der Waals surface area contributed by atoms with Gasteiger partial charge in [0.2, 0.25) is 0 Å². The first-order chi connectivity index (χ1) is 11.7. The largest absolute Gasteiger partial charge is 0.250 e. The van der Waals surface area contributed by atoms with Crippen molar-refractivity contribution in [2.24, 2.45) is 11.3 Å². The van der Waals surface area contributed by atoms with Crippen LogP contribution in [0.2, 0.25) is 0 Å². The van der Waals surface area contributed by atoms with Gasteiger partial charge in [-0.3, -0.25) is 0 Å². The Kier molecular flexibility index (Phi) is 5.00. The number of sulfone groups is 1. The maximum Gasteiger partial charge on any atom is 0.193 e. The lowest BCUT2D eigenvalue weighted by molar-refractivity contribution is 0.352. The zero-order valence-corrected chi connectivity index (χ0v) is 16.6. The molecule has 3 nitrogen and oxygen atoms in total. The molecule has 0 aliphatic heterocycles. The van der Waals surface area contributed by atoms with E-state index in [4.69, 9.17) is 0 Å². The van der Waals surface area contributed by atoms with Gasteiger partial charge in [0.15, 0.2) is 9.84 Å². The third-order valence-electron chi connectivity index (χ3n) is 5.24. The molecule has 1 saturated carbocycles. The van der Waals surface area contributed by atoms with Crippen molar-refractivity contribution in [2.75, 3.05) is 0 Å². The van der Waals surface area contributed by atoms with Crippen LogP contribution in [0.4, 0.5) is 0 Å². The first-order valence-electron chi connectivity index (χ1n) is 8.64. The Balaban J connectivity index is 2.06. The van der Waals surface area contributed by atoms with Gasteiger partial charge >= 0.3 is 0 Å². The van der Waals surface area contributed by atoms with Crippen molar-refractivity contribution in [3.05, 3.63) is 54.7 Å². The molecule has 1 aromatic heterocycles. The number of hydrogen-bond donors (Lipinski definition) is 0. The van der Waals surface area contributed by atoms with Crippen LogP contribution in [0.1, 0.15) is 40.0 Å². The highest BCUT2D eigenvalue weighted by Crippen LogP contribution is 2.54. The number of hydrogen-bond acceptors (Lipinski definition) is 4. The Morgan fingerprint density at radius 3 is 2.36 bits per heavy atom. The summed E-state index contributed by atoms with van der Waals surface area (Å²) >= 11 is 1.39. The van der Waals surface area contributed by atoms with Gasteiger partial charge in [-0.2, -0.15) is 0 Å². The van der Waals surface area contributed by atoms with Crippen molar-refractivity contribution in [1.82, 2.24) is 4.98 Å². The monoisotopic (exact) mass is 375 g/mol. The first-order valence-corrected chi connectivity index (χ1v) is 10.9. The molecule has 0 amide bonds. The summed E-state index contributed by atoms with van der Waals surface area (Å²) in [6.45, 7) is 6.35. The van der Waals surface area contributed by atoms with Gasteiger partial charge in [0.05, 0.1) is 9.92 Å². The molecule has 1 fully saturated rings. The summed E-state index contributed by atoms with van der Waals surface area (Å²) < 4.78 is 26.3. The van der Waals surface area contributed by atoms with Gasteiger partial charge in [-0.05, 0) is 61.8 Å². The molecule has 0 spiro atoms. The van der Waals surface area contributed by atoms with Crippen molar-refractivity contribution in [2.45, 2.75) is 54.0 Å². The quantitative estimate of drug-likeness (QED) is 0.675. The Bertz CT molecular complexity index is 819. The molecule has 25 heavy (non-hydrogen) atoms. The normalized spacial score (nSPS) is 22.4. The molecule has 2 atom stereocenters. The highest BCUT2D eigenvalue weighted by Gasteiger charge is 2.51. The van der Waals surface area contributed by atoms with Crippen molar-refractivity contribution >= 4 is 21.6 Å². The van der Waals surface area contributed by atoms with E-state index in [1.807, 2.05) is 31.2 Å². The summed E-state index contributed by atoms with van der Waals surface area (Å²) in [5.74, 6) is 0.0970. The highest BCUT2D eigenvalue weighted by atomic mass is 32.3. The second-order valence-corrected chi connectivity index (χ2v) is 11.8. The number of nitrogens with zero attached hydrogens (tertiary/aromatic N) is 1. The van der Waals surface area contributed by atoms with Crippen LogP contribution < -0.4 is 0 Å². The molecule has 1 aromatic carbocycles. The minimum atomic E-state index is -3.51. The van der Waals surface area contributed by atoms with Crippen LogP contribution in [0.25, 0.3) is 0 Å². The standard InChI is InChI=1S/C20H25NO2S2/c1-19(2)13-12-16(15-19)20(3,24-18-11-7-8-14-21-18)25(22,23)17-9-5-4-6-10-17/h4-11,14,16H,12-13,15H2,1-3H3. The summed E-state index contributed by atoms with van der Waals surface area (Å²) in [4.78, 5) is 4.77. The average Bonchev–Trinajstić information content (AvgIpc) is 2.97. The summed E-state index contributed by atoms with van der Waals surface area (Å²) in [6.07, 6.45) is 4.61. The van der Waals surface area contributed by atoms with Gasteiger partial charge in [0.25, 0.3) is 0 Å². The fourth-order valence-electron chi connectivity index (χ4n) is 3.69. The highest BCUT2D eigenvalue weighted by molar-refractivity contribution is 8.14. The fourth-order valence-corrected chi connectivity index (χ4v) is 7.34. The Morgan fingerprint density at radius 2 is 1.80 bits per heavy atom. The van der Waals surface area contributed by atoms with Crippen LogP contribution in [0.5, 0.6) is 0 Å². The van der Waals surface area contributed by atoms with Crippen molar-refractivity contribution in [3.63, 3.8) is 0 Å². The van der Waals surface area contributed by atoms with Crippen molar-refractivity contribution in [1.29, 1.82) is 0 Å². The maximum absolute atomic E-state index is 13.6. The van der Waals surface area contributed by atoms with E-state index in [0.717, 1.165) is 24.3 Å². The second kappa shape index (κ2) is 6.76. The van der Waals surface area contributed by atoms with Crippen molar-refractivity contribution in [3.8, 4) is 0 Å². The van der Waals surface area contributed by atoms with Crippen molar-refractivity contribution < 1.29 is 8.42 Å². The molecule has 3 rings (SSSR count). The second-order valence-electron chi connectivity index (χ2n) is 7.71. The lowest BCUT2D eigenvalue weighted by atomic mass is 9.90. The van der Waals surface area contributed by atoms with Crippen LogP contribution >= 0.6 is 11.8 Å². The number of thioether (sulfide) groups is 1. The van der Waals surface area contributed by atoms with Crippen LogP contribution in [-0.2, 0) is 9.84 Å². The first kappa shape index (κ1) is 18.5. The van der Waals surface area contributed by atoms with E-state index in [9.17, 15) is 8.42 Å². The molecule has 0 radical (unpaired) electrons. The zero-order chi connectivity index (χ0) is 18.1. The number of pyridine rings is 1. The van der Waals surface area contributed by atoms with E-state index in [1.165, 1.54) is 11.8 Å². The molecular weight excluding hydrogens is 350 g/mol. The zero-order valence-electron chi connectivity index (χ0n) is 15.0. The number of benzene rings is 1. The Labute approximate surface area is 155 Å². The van der Waals surface area contributed by atoms with E-state index >= 15 is 0 Å². The lowest BCUT2D eigenvalue weighted by Gasteiger charge is -2.35. The third-order valence-corrected chi connectivity index (χ3v) is 9.63. The summed E-state index contributed by atoms with van der Waals surface area (Å²) in [5, 5.41) is 0.759. The van der Waals surface area contributed by atoms with Crippen LogP contribution in [0.3, 0.4) is 0 Å². The van der Waals surface area contributed by atoms with Crippen LogP contribution in [0, 0.1) is 11.3 Å². The summed E-state index contributed by atoms with van der Waals surface area (Å²) in [5.41, 5.74) is 0.183. The van der Waals surface area contributed by atoms with E-state index in [2.05, 4.69) is 18.8 Å². The summed E-state index contributed by atoms with van der Waals surface area (Å²) in [6, 6.07) is 14.5. The Morgan fingerprint density at radius 1 is 1.12 bits per heavy atom. The average molecular weight is 376 g/mol.